The van der Waals surface area contributed by atoms with Crippen LogP contribution in [0.3, 0.4) is 0 Å². The molecule has 1 atom stereocenters. The number of hydrogen-bond donors (Lipinski definition) is 1. The Morgan fingerprint density at radius 3 is 3.05 bits per heavy atom. The lowest BCUT2D eigenvalue weighted by Crippen LogP contribution is -2.16. The summed E-state index contributed by atoms with van der Waals surface area (Å²) in [6.07, 6.45) is 4.91. The Balaban J connectivity index is 1.90. The maximum atomic E-state index is 5.57. The second-order valence-electron chi connectivity index (χ2n) is 5.01. The van der Waals surface area contributed by atoms with Crippen LogP contribution in [0.4, 0.5) is 0 Å². The Bertz CT molecular complexity index is 589. The number of thioether (sulfide) groups is 1. The summed E-state index contributed by atoms with van der Waals surface area (Å²) >= 11 is 3.97. The fourth-order valence-electron chi connectivity index (χ4n) is 2.62. The number of rotatable bonds is 5. The van der Waals surface area contributed by atoms with Crippen LogP contribution in [0.15, 0.2) is 24.5 Å². The number of ether oxygens (including phenoxy) is 1. The van der Waals surface area contributed by atoms with Gasteiger partial charge in [0.05, 0.1) is 18.8 Å². The molecule has 0 aromatic carbocycles. The van der Waals surface area contributed by atoms with Gasteiger partial charge in [0.2, 0.25) is 0 Å². The van der Waals surface area contributed by atoms with Crippen molar-refractivity contribution in [3.63, 3.8) is 0 Å². The largest absolute Gasteiger partial charge is 0.492 e. The van der Waals surface area contributed by atoms with E-state index in [1.54, 1.807) is 11.1 Å². The summed E-state index contributed by atoms with van der Waals surface area (Å²) in [6, 6.07) is 4.64. The predicted octanol–water partition coefficient (Wildman–Crippen LogP) is 3.64. The first-order valence-corrected chi connectivity index (χ1v) is 9.23. The quantitative estimate of drug-likeness (QED) is 0.912. The third-order valence-electron chi connectivity index (χ3n) is 3.60. The zero-order valence-electron chi connectivity index (χ0n) is 12.4. The van der Waals surface area contributed by atoms with Gasteiger partial charge < -0.3 is 10.1 Å². The lowest BCUT2D eigenvalue weighted by atomic mass is 10.1. The van der Waals surface area contributed by atoms with Gasteiger partial charge in [-0.1, -0.05) is 0 Å². The molecule has 0 saturated heterocycles. The van der Waals surface area contributed by atoms with Crippen molar-refractivity contribution in [2.45, 2.75) is 25.1 Å². The highest BCUT2D eigenvalue weighted by Crippen LogP contribution is 2.36. The first kappa shape index (κ1) is 14.9. The Labute approximate surface area is 134 Å². The van der Waals surface area contributed by atoms with Crippen LogP contribution in [0, 0.1) is 0 Å². The minimum atomic E-state index is 0.193. The van der Waals surface area contributed by atoms with E-state index in [1.165, 1.54) is 22.6 Å². The van der Waals surface area contributed by atoms with E-state index in [2.05, 4.69) is 22.4 Å². The number of aromatic nitrogens is 1. The van der Waals surface area contributed by atoms with Crippen molar-refractivity contribution in [2.24, 2.45) is 0 Å². The van der Waals surface area contributed by atoms with Gasteiger partial charge >= 0.3 is 0 Å². The SMILES string of the molecule is CCOc1cncc(C(NC)c2cc3c(s2)CCSC3)c1. The monoisotopic (exact) mass is 320 g/mol. The molecule has 1 aliphatic rings. The van der Waals surface area contributed by atoms with Crippen molar-refractivity contribution in [1.82, 2.24) is 10.3 Å². The average Bonchev–Trinajstić information content (AvgIpc) is 2.92. The molecule has 2 aromatic rings. The number of pyridine rings is 1. The number of hydrogen-bond acceptors (Lipinski definition) is 5. The molecule has 21 heavy (non-hydrogen) atoms. The summed E-state index contributed by atoms with van der Waals surface area (Å²) in [5, 5.41) is 3.42. The third kappa shape index (κ3) is 3.25. The lowest BCUT2D eigenvalue weighted by molar-refractivity contribution is 0.338. The number of thiophene rings is 1. The molecule has 3 heterocycles. The average molecular weight is 320 g/mol. The lowest BCUT2D eigenvalue weighted by Gasteiger charge is -2.15. The first-order valence-electron chi connectivity index (χ1n) is 7.26. The van der Waals surface area contributed by atoms with Crippen LogP contribution in [-0.2, 0) is 12.2 Å². The number of nitrogens with zero attached hydrogens (tertiary/aromatic N) is 1. The van der Waals surface area contributed by atoms with Gasteiger partial charge in [-0.2, -0.15) is 11.8 Å². The van der Waals surface area contributed by atoms with Crippen molar-refractivity contribution in [1.29, 1.82) is 0 Å². The topological polar surface area (TPSA) is 34.1 Å². The van der Waals surface area contributed by atoms with Gasteiger partial charge in [0.25, 0.3) is 0 Å². The molecule has 0 bridgehead atoms. The van der Waals surface area contributed by atoms with Crippen molar-refractivity contribution in [3.05, 3.63) is 45.4 Å². The van der Waals surface area contributed by atoms with Gasteiger partial charge in [-0.3, -0.25) is 4.98 Å². The number of fused-ring (bicyclic) bond motifs is 1. The van der Waals surface area contributed by atoms with Crippen molar-refractivity contribution in [2.75, 3.05) is 19.4 Å². The normalized spacial score (nSPS) is 15.5. The molecule has 0 spiro atoms. The first-order chi connectivity index (χ1) is 10.3. The molecule has 3 rings (SSSR count). The molecule has 5 heteroatoms. The van der Waals surface area contributed by atoms with Gasteiger partial charge in [-0.25, -0.2) is 0 Å². The van der Waals surface area contributed by atoms with E-state index in [1.807, 2.05) is 43.3 Å². The van der Waals surface area contributed by atoms with Crippen LogP contribution < -0.4 is 10.1 Å². The molecule has 0 saturated carbocycles. The van der Waals surface area contributed by atoms with Crippen molar-refractivity contribution in [3.8, 4) is 5.75 Å². The fourth-order valence-corrected chi connectivity index (χ4v) is 5.14. The zero-order valence-corrected chi connectivity index (χ0v) is 14.0. The Hall–Kier alpha value is -1.04. The van der Waals surface area contributed by atoms with E-state index >= 15 is 0 Å². The van der Waals surface area contributed by atoms with Gasteiger partial charge in [-0.05, 0) is 49.4 Å². The molecule has 112 valence electrons. The van der Waals surface area contributed by atoms with Crippen LogP contribution in [-0.4, -0.2) is 24.4 Å². The summed E-state index contributed by atoms with van der Waals surface area (Å²) in [5.41, 5.74) is 2.68. The van der Waals surface area contributed by atoms with Crippen LogP contribution in [0.25, 0.3) is 0 Å². The van der Waals surface area contributed by atoms with E-state index in [9.17, 15) is 0 Å². The molecule has 0 fully saturated rings. The maximum Gasteiger partial charge on any atom is 0.137 e. The minimum Gasteiger partial charge on any atom is -0.492 e. The molecule has 0 aliphatic carbocycles. The van der Waals surface area contributed by atoms with Gasteiger partial charge in [0, 0.05) is 21.7 Å². The summed E-state index contributed by atoms with van der Waals surface area (Å²) in [5.74, 6) is 3.24. The van der Waals surface area contributed by atoms with Crippen molar-refractivity contribution < 1.29 is 4.74 Å². The zero-order chi connectivity index (χ0) is 14.7. The molecule has 1 aliphatic heterocycles. The van der Waals surface area contributed by atoms with Crippen LogP contribution in [0.1, 0.15) is 33.8 Å². The Morgan fingerprint density at radius 1 is 1.38 bits per heavy atom. The van der Waals surface area contributed by atoms with E-state index in [4.69, 9.17) is 4.74 Å². The summed E-state index contributed by atoms with van der Waals surface area (Å²) in [7, 11) is 2.01. The van der Waals surface area contributed by atoms with Crippen LogP contribution in [0.5, 0.6) is 5.75 Å². The molecular weight excluding hydrogens is 300 g/mol. The van der Waals surface area contributed by atoms with Gasteiger partial charge in [0.1, 0.15) is 5.75 Å². The Morgan fingerprint density at radius 2 is 2.29 bits per heavy atom. The summed E-state index contributed by atoms with van der Waals surface area (Å²) in [4.78, 5) is 7.24. The molecule has 0 amide bonds. The predicted molar refractivity (Wildman–Crippen MR) is 90.5 cm³/mol. The van der Waals surface area contributed by atoms with Crippen molar-refractivity contribution >= 4 is 23.1 Å². The number of nitrogens with one attached hydrogen (secondary N) is 1. The highest BCUT2D eigenvalue weighted by Gasteiger charge is 2.20. The fraction of sp³-hybridized carbons (Fsp3) is 0.438. The highest BCUT2D eigenvalue weighted by atomic mass is 32.2. The van der Waals surface area contributed by atoms with Crippen LogP contribution >= 0.6 is 23.1 Å². The maximum absolute atomic E-state index is 5.57. The van der Waals surface area contributed by atoms with E-state index in [0.717, 1.165) is 17.1 Å². The minimum absolute atomic E-state index is 0.193. The molecule has 0 radical (unpaired) electrons. The van der Waals surface area contributed by atoms with E-state index in [-0.39, 0.29) is 6.04 Å². The molecular formula is C16H20N2OS2. The highest BCUT2D eigenvalue weighted by molar-refractivity contribution is 7.98. The summed E-state index contributed by atoms with van der Waals surface area (Å²) < 4.78 is 5.57. The second kappa shape index (κ2) is 6.81. The molecule has 3 nitrogen and oxygen atoms in total. The standard InChI is InChI=1S/C16H20N2OS2/c1-3-19-13-6-11(8-18-9-13)16(17-2)15-7-12-10-20-5-4-14(12)21-15/h6-9,16-17H,3-5,10H2,1-2H3. The third-order valence-corrected chi connectivity index (χ3v) is 5.91. The molecule has 2 aromatic heterocycles. The molecule has 1 N–H and O–H groups in total. The summed E-state index contributed by atoms with van der Waals surface area (Å²) in [6.45, 7) is 2.66. The van der Waals surface area contributed by atoms with Crippen LogP contribution in [0.2, 0.25) is 0 Å². The van der Waals surface area contributed by atoms with E-state index < -0.39 is 0 Å². The smallest absolute Gasteiger partial charge is 0.137 e. The van der Waals surface area contributed by atoms with Gasteiger partial charge in [0.15, 0.2) is 0 Å². The molecule has 1 unspecified atom stereocenters. The van der Waals surface area contributed by atoms with Gasteiger partial charge in [-0.15, -0.1) is 11.3 Å². The Kier molecular flexibility index (Phi) is 4.83. The van der Waals surface area contributed by atoms with E-state index in [0.29, 0.717) is 6.61 Å². The number of aryl methyl sites for hydroxylation is 1. The second-order valence-corrected chi connectivity index (χ2v) is 7.28.